The van der Waals surface area contributed by atoms with Crippen LogP contribution >= 0.6 is 0 Å². The number of amides is 2. The van der Waals surface area contributed by atoms with E-state index in [9.17, 15) is 14.4 Å². The van der Waals surface area contributed by atoms with E-state index in [1.807, 2.05) is 12.1 Å². The first-order chi connectivity index (χ1) is 12.6. The van der Waals surface area contributed by atoms with Gasteiger partial charge in [-0.05, 0) is 42.2 Å². The van der Waals surface area contributed by atoms with Crippen molar-refractivity contribution in [1.82, 2.24) is 10.6 Å². The maximum atomic E-state index is 12.2. The van der Waals surface area contributed by atoms with Crippen molar-refractivity contribution in [1.29, 1.82) is 0 Å². The molecule has 0 radical (unpaired) electrons. The van der Waals surface area contributed by atoms with Gasteiger partial charge in [-0.1, -0.05) is 30.3 Å². The molecule has 0 unspecified atom stereocenters. The molecular weight excluding hydrogens is 332 g/mol. The van der Waals surface area contributed by atoms with E-state index in [4.69, 9.17) is 4.74 Å². The van der Waals surface area contributed by atoms with Crippen LogP contribution in [0.1, 0.15) is 33.6 Å². The molecule has 26 heavy (non-hydrogen) atoms. The second kappa shape index (κ2) is 7.82. The molecule has 1 aliphatic carbocycles. The van der Waals surface area contributed by atoms with Gasteiger partial charge in [-0.2, -0.15) is 0 Å². The Labute approximate surface area is 151 Å². The van der Waals surface area contributed by atoms with E-state index in [0.717, 1.165) is 24.0 Å². The number of ether oxygens (including phenoxy) is 1. The minimum Gasteiger partial charge on any atom is -0.465 e. The van der Waals surface area contributed by atoms with Gasteiger partial charge in [-0.25, -0.2) is 4.79 Å². The molecule has 1 fully saturated rings. The van der Waals surface area contributed by atoms with Gasteiger partial charge in [-0.15, -0.1) is 0 Å². The lowest BCUT2D eigenvalue weighted by atomic mass is 9.98. The van der Waals surface area contributed by atoms with Gasteiger partial charge in [0.25, 0.3) is 5.91 Å². The van der Waals surface area contributed by atoms with Crippen LogP contribution in [-0.2, 0) is 9.53 Å². The van der Waals surface area contributed by atoms with Gasteiger partial charge >= 0.3 is 5.97 Å². The SMILES string of the molecule is COC(=O)c1ccccc1-c1ccc(C(=O)NCC(=O)NC2CC2)cc1. The molecule has 134 valence electrons. The van der Waals surface area contributed by atoms with Gasteiger partial charge in [-0.3, -0.25) is 9.59 Å². The smallest absolute Gasteiger partial charge is 0.338 e. The number of rotatable bonds is 6. The highest BCUT2D eigenvalue weighted by atomic mass is 16.5. The Kier molecular flexibility index (Phi) is 5.31. The Hall–Kier alpha value is -3.15. The number of carbonyl (C=O) groups is 3. The predicted molar refractivity (Wildman–Crippen MR) is 96.7 cm³/mol. The van der Waals surface area contributed by atoms with Crippen LogP contribution in [0, 0.1) is 0 Å². The molecule has 3 rings (SSSR count). The van der Waals surface area contributed by atoms with Crippen molar-refractivity contribution >= 4 is 17.8 Å². The maximum absolute atomic E-state index is 12.2. The largest absolute Gasteiger partial charge is 0.465 e. The van der Waals surface area contributed by atoms with Crippen LogP contribution in [-0.4, -0.2) is 37.5 Å². The Morgan fingerprint density at radius 3 is 2.38 bits per heavy atom. The molecular formula is C20H20N2O4. The Balaban J connectivity index is 1.67. The molecule has 0 bridgehead atoms. The van der Waals surface area contributed by atoms with Crippen molar-refractivity contribution in [3.8, 4) is 11.1 Å². The number of benzene rings is 2. The summed E-state index contributed by atoms with van der Waals surface area (Å²) < 4.78 is 4.81. The number of hydrogen-bond donors (Lipinski definition) is 2. The molecule has 2 N–H and O–H groups in total. The van der Waals surface area contributed by atoms with E-state index in [2.05, 4.69) is 10.6 Å². The first kappa shape index (κ1) is 17.7. The quantitative estimate of drug-likeness (QED) is 0.780. The maximum Gasteiger partial charge on any atom is 0.338 e. The monoisotopic (exact) mass is 352 g/mol. The van der Waals surface area contributed by atoms with Gasteiger partial charge in [0.05, 0.1) is 19.2 Å². The molecule has 2 aromatic carbocycles. The fraction of sp³-hybridized carbons (Fsp3) is 0.250. The van der Waals surface area contributed by atoms with Gasteiger partial charge < -0.3 is 15.4 Å². The third-order valence-electron chi connectivity index (χ3n) is 4.14. The van der Waals surface area contributed by atoms with Crippen LogP contribution in [0.5, 0.6) is 0 Å². The zero-order valence-corrected chi connectivity index (χ0v) is 14.5. The molecule has 0 spiro atoms. The molecule has 1 saturated carbocycles. The lowest BCUT2D eigenvalue weighted by molar-refractivity contribution is -0.120. The van der Waals surface area contributed by atoms with Gasteiger partial charge in [0.1, 0.15) is 0 Å². The first-order valence-electron chi connectivity index (χ1n) is 8.44. The predicted octanol–water partition coefficient (Wildman–Crippen LogP) is 2.15. The van der Waals surface area contributed by atoms with Crippen LogP contribution in [0.25, 0.3) is 11.1 Å². The molecule has 0 heterocycles. The summed E-state index contributed by atoms with van der Waals surface area (Å²) in [5.74, 6) is -0.905. The van der Waals surface area contributed by atoms with Crippen molar-refractivity contribution in [2.24, 2.45) is 0 Å². The molecule has 0 aromatic heterocycles. The average Bonchev–Trinajstić information content (AvgIpc) is 3.49. The second-order valence-electron chi connectivity index (χ2n) is 6.14. The number of hydrogen-bond acceptors (Lipinski definition) is 4. The Bertz CT molecular complexity index is 826. The summed E-state index contributed by atoms with van der Waals surface area (Å²) in [7, 11) is 1.34. The molecule has 6 heteroatoms. The standard InChI is InChI=1S/C20H20N2O4/c1-26-20(25)17-5-3-2-4-16(17)13-6-8-14(9-7-13)19(24)21-12-18(23)22-15-10-11-15/h2-9,15H,10-12H2,1H3,(H,21,24)(H,22,23). The summed E-state index contributed by atoms with van der Waals surface area (Å²) in [5, 5.41) is 5.42. The van der Waals surface area contributed by atoms with Crippen molar-refractivity contribution in [3.63, 3.8) is 0 Å². The lowest BCUT2D eigenvalue weighted by Gasteiger charge is -2.09. The Morgan fingerprint density at radius 1 is 1.04 bits per heavy atom. The fourth-order valence-corrected chi connectivity index (χ4v) is 2.59. The van der Waals surface area contributed by atoms with Crippen LogP contribution in [0.15, 0.2) is 48.5 Å². The summed E-state index contributed by atoms with van der Waals surface area (Å²) in [6.07, 6.45) is 2.02. The van der Waals surface area contributed by atoms with Crippen molar-refractivity contribution < 1.29 is 19.1 Å². The highest BCUT2D eigenvalue weighted by molar-refractivity contribution is 5.99. The van der Waals surface area contributed by atoms with Crippen molar-refractivity contribution in [2.45, 2.75) is 18.9 Å². The van der Waals surface area contributed by atoms with E-state index in [-0.39, 0.29) is 24.4 Å². The molecule has 2 amide bonds. The van der Waals surface area contributed by atoms with E-state index in [1.54, 1.807) is 36.4 Å². The molecule has 6 nitrogen and oxygen atoms in total. The van der Waals surface area contributed by atoms with Crippen LogP contribution in [0.4, 0.5) is 0 Å². The lowest BCUT2D eigenvalue weighted by Crippen LogP contribution is -2.37. The third kappa shape index (κ3) is 4.27. The summed E-state index contributed by atoms with van der Waals surface area (Å²) in [6, 6.07) is 14.2. The fourth-order valence-electron chi connectivity index (χ4n) is 2.59. The second-order valence-corrected chi connectivity index (χ2v) is 6.14. The van der Waals surface area contributed by atoms with Crippen molar-refractivity contribution in [2.75, 3.05) is 13.7 Å². The van der Waals surface area contributed by atoms with Crippen molar-refractivity contribution in [3.05, 3.63) is 59.7 Å². The van der Waals surface area contributed by atoms with Gasteiger partial charge in [0.15, 0.2) is 0 Å². The Morgan fingerprint density at radius 2 is 1.73 bits per heavy atom. The average molecular weight is 352 g/mol. The van der Waals surface area contributed by atoms with Gasteiger partial charge in [0.2, 0.25) is 5.91 Å². The van der Waals surface area contributed by atoms with Crippen LogP contribution in [0.2, 0.25) is 0 Å². The van der Waals surface area contributed by atoms with E-state index < -0.39 is 5.97 Å². The topological polar surface area (TPSA) is 84.5 Å². The van der Waals surface area contributed by atoms with Gasteiger partial charge in [0, 0.05) is 11.6 Å². The minimum atomic E-state index is -0.413. The number of carbonyl (C=O) groups excluding carboxylic acids is 3. The summed E-state index contributed by atoms with van der Waals surface area (Å²) >= 11 is 0. The number of nitrogens with one attached hydrogen (secondary N) is 2. The normalized spacial score (nSPS) is 13.0. The highest BCUT2D eigenvalue weighted by Gasteiger charge is 2.23. The zero-order valence-electron chi connectivity index (χ0n) is 14.5. The van der Waals surface area contributed by atoms with E-state index >= 15 is 0 Å². The first-order valence-corrected chi connectivity index (χ1v) is 8.44. The summed E-state index contributed by atoms with van der Waals surface area (Å²) in [6.45, 7) is -0.0394. The minimum absolute atomic E-state index is 0.0394. The molecule has 1 aliphatic rings. The van der Waals surface area contributed by atoms with E-state index in [1.165, 1.54) is 7.11 Å². The third-order valence-corrected chi connectivity index (χ3v) is 4.14. The van der Waals surface area contributed by atoms with Crippen LogP contribution in [0.3, 0.4) is 0 Å². The number of methoxy groups -OCH3 is 1. The van der Waals surface area contributed by atoms with Crippen LogP contribution < -0.4 is 10.6 Å². The zero-order chi connectivity index (χ0) is 18.5. The molecule has 0 aliphatic heterocycles. The molecule has 0 atom stereocenters. The van der Waals surface area contributed by atoms with E-state index in [0.29, 0.717) is 11.1 Å². The summed E-state index contributed by atoms with van der Waals surface area (Å²) in [4.78, 5) is 35.7. The highest BCUT2D eigenvalue weighted by Crippen LogP contribution is 2.24. The number of esters is 1. The summed E-state index contributed by atoms with van der Waals surface area (Å²) in [5.41, 5.74) is 2.44. The molecule has 2 aromatic rings. The molecule has 0 saturated heterocycles.